The smallest absolute Gasteiger partial charge is 0.428 e. The van der Waals surface area contributed by atoms with Gasteiger partial charge in [0.1, 0.15) is 11.5 Å². The van der Waals surface area contributed by atoms with Crippen LogP contribution in [0.4, 0.5) is 27.8 Å². The van der Waals surface area contributed by atoms with Gasteiger partial charge in [0.05, 0.1) is 26.4 Å². The summed E-state index contributed by atoms with van der Waals surface area (Å²) in [6, 6.07) is 7.30. The van der Waals surface area contributed by atoms with Crippen LogP contribution in [0.1, 0.15) is 5.56 Å². The Balaban J connectivity index is 1.89. The van der Waals surface area contributed by atoms with Gasteiger partial charge in [0, 0.05) is 11.6 Å². The molecule has 4 N–H and O–H groups in total. The van der Waals surface area contributed by atoms with Crippen LogP contribution in [-0.2, 0) is 11.3 Å². The molecule has 9 nitrogen and oxygen atoms in total. The molecule has 2 heterocycles. The van der Waals surface area contributed by atoms with Gasteiger partial charge in [-0.1, -0.05) is 18.2 Å². The van der Waals surface area contributed by atoms with Gasteiger partial charge >= 0.3 is 6.18 Å². The standard InChI is InChI=1S/C19H17F5N6O3/c1-33-14-6-13(29-30(14)8-10-4-2-3-5-11(10)20)16-26-7-12(21)15(28-16)27-9-18(32,17(25)31)19(22,23)24/h2-7,32H,8-9H2,1H3,(H2,25,31)(H,26,27,28). The number of carbonyl (C=O) groups is 1. The Morgan fingerprint density at radius 1 is 1.24 bits per heavy atom. The van der Waals surface area contributed by atoms with Gasteiger partial charge in [0.25, 0.3) is 11.5 Å². The third-order valence-electron chi connectivity index (χ3n) is 4.59. The summed E-state index contributed by atoms with van der Waals surface area (Å²) in [5.74, 6) is -4.51. The minimum atomic E-state index is -5.42. The van der Waals surface area contributed by atoms with Crippen LogP contribution in [0.3, 0.4) is 0 Å². The van der Waals surface area contributed by atoms with Crippen molar-refractivity contribution in [3.05, 3.63) is 53.7 Å². The molecule has 3 rings (SSSR count). The second-order valence-electron chi connectivity index (χ2n) is 6.79. The first-order valence-electron chi connectivity index (χ1n) is 9.17. The number of aromatic nitrogens is 4. The van der Waals surface area contributed by atoms with Gasteiger partial charge in [-0.15, -0.1) is 0 Å². The molecule has 0 saturated heterocycles. The number of halogens is 5. The summed E-state index contributed by atoms with van der Waals surface area (Å²) in [4.78, 5) is 18.7. The van der Waals surface area contributed by atoms with E-state index in [4.69, 9.17) is 4.74 Å². The number of carbonyl (C=O) groups excluding carboxylic acids is 1. The average molecular weight is 472 g/mol. The minimum absolute atomic E-state index is 0.0284. The summed E-state index contributed by atoms with van der Waals surface area (Å²) in [5.41, 5.74) is 1.03. The van der Waals surface area contributed by atoms with E-state index in [1.165, 1.54) is 36.1 Å². The lowest BCUT2D eigenvalue weighted by Crippen LogP contribution is -2.59. The molecule has 0 aliphatic carbocycles. The number of ether oxygens (including phenoxy) is 1. The van der Waals surface area contributed by atoms with E-state index >= 15 is 0 Å². The van der Waals surface area contributed by atoms with E-state index in [2.05, 4.69) is 20.8 Å². The number of benzene rings is 1. The predicted octanol–water partition coefficient (Wildman–Crippen LogP) is 1.87. The first-order chi connectivity index (χ1) is 15.5. The molecule has 0 aliphatic rings. The zero-order valence-corrected chi connectivity index (χ0v) is 16.9. The molecule has 1 unspecified atom stereocenters. The van der Waals surface area contributed by atoms with Crippen LogP contribution in [0.5, 0.6) is 5.88 Å². The van der Waals surface area contributed by atoms with Gasteiger partial charge in [-0.25, -0.2) is 23.4 Å². The number of nitrogens with two attached hydrogens (primary N) is 1. The summed E-state index contributed by atoms with van der Waals surface area (Å²) in [7, 11) is 1.33. The maximum Gasteiger partial charge on any atom is 0.428 e. The monoisotopic (exact) mass is 472 g/mol. The number of nitrogens with zero attached hydrogens (tertiary/aromatic N) is 4. The summed E-state index contributed by atoms with van der Waals surface area (Å²) in [6.07, 6.45) is -4.76. The van der Waals surface area contributed by atoms with Crippen molar-refractivity contribution >= 4 is 11.7 Å². The fourth-order valence-electron chi connectivity index (χ4n) is 2.73. The molecular formula is C19H17F5N6O3. The number of alkyl halides is 3. The molecule has 1 atom stereocenters. The van der Waals surface area contributed by atoms with E-state index in [-0.39, 0.29) is 23.9 Å². The van der Waals surface area contributed by atoms with Crippen molar-refractivity contribution in [3.8, 4) is 17.4 Å². The third-order valence-corrected chi connectivity index (χ3v) is 4.59. The number of amides is 1. The maximum atomic E-state index is 14.1. The molecule has 176 valence electrons. The Hall–Kier alpha value is -3.81. The Morgan fingerprint density at radius 3 is 2.55 bits per heavy atom. The number of nitrogens with one attached hydrogen (secondary N) is 1. The quantitative estimate of drug-likeness (QED) is 0.427. The van der Waals surface area contributed by atoms with Crippen molar-refractivity contribution in [2.45, 2.75) is 18.3 Å². The largest absolute Gasteiger partial charge is 0.481 e. The molecule has 3 aromatic rings. The number of aliphatic hydroxyl groups is 1. The molecular weight excluding hydrogens is 455 g/mol. The van der Waals surface area contributed by atoms with E-state index in [1.54, 1.807) is 6.07 Å². The Kier molecular flexibility index (Phi) is 6.48. The number of anilines is 1. The summed E-state index contributed by atoms with van der Waals surface area (Å²) in [6.45, 7) is -1.52. The summed E-state index contributed by atoms with van der Waals surface area (Å²) in [5, 5.41) is 15.7. The number of hydrogen-bond donors (Lipinski definition) is 3. The van der Waals surface area contributed by atoms with Crippen molar-refractivity contribution < 1.29 is 36.6 Å². The van der Waals surface area contributed by atoms with Gasteiger partial charge < -0.3 is 20.9 Å². The molecule has 0 spiro atoms. The number of rotatable bonds is 8. The van der Waals surface area contributed by atoms with Gasteiger partial charge in [-0.05, 0) is 6.07 Å². The SMILES string of the molecule is COc1cc(-c2ncc(F)c(NCC(O)(C(N)=O)C(F)(F)F)n2)nn1Cc1ccccc1F. The second-order valence-corrected chi connectivity index (χ2v) is 6.79. The van der Waals surface area contributed by atoms with E-state index in [1.807, 2.05) is 5.32 Å². The molecule has 33 heavy (non-hydrogen) atoms. The highest BCUT2D eigenvalue weighted by atomic mass is 19.4. The lowest BCUT2D eigenvalue weighted by Gasteiger charge is -2.27. The molecule has 0 aliphatic heterocycles. The summed E-state index contributed by atoms with van der Waals surface area (Å²) < 4.78 is 73.6. The van der Waals surface area contributed by atoms with Crippen molar-refractivity contribution in [2.24, 2.45) is 5.73 Å². The minimum Gasteiger partial charge on any atom is -0.481 e. The van der Waals surface area contributed by atoms with E-state index in [9.17, 15) is 31.9 Å². The Morgan fingerprint density at radius 2 is 1.94 bits per heavy atom. The maximum absolute atomic E-state index is 14.1. The van der Waals surface area contributed by atoms with Crippen molar-refractivity contribution in [1.82, 2.24) is 19.7 Å². The summed E-state index contributed by atoms with van der Waals surface area (Å²) >= 11 is 0. The first kappa shape index (κ1) is 23.8. The Labute approximate surface area is 183 Å². The zero-order chi connectivity index (χ0) is 24.4. The lowest BCUT2D eigenvalue weighted by molar-refractivity contribution is -0.245. The zero-order valence-electron chi connectivity index (χ0n) is 16.9. The van der Waals surface area contributed by atoms with Crippen molar-refractivity contribution in [2.75, 3.05) is 19.0 Å². The molecule has 0 fully saturated rings. The van der Waals surface area contributed by atoms with Crippen molar-refractivity contribution in [3.63, 3.8) is 0 Å². The lowest BCUT2D eigenvalue weighted by atomic mass is 10.0. The van der Waals surface area contributed by atoms with Crippen molar-refractivity contribution in [1.29, 1.82) is 0 Å². The van der Waals surface area contributed by atoms with E-state index in [0.717, 1.165) is 0 Å². The van der Waals surface area contributed by atoms with Crippen LogP contribution >= 0.6 is 0 Å². The third kappa shape index (κ3) is 4.84. The number of methoxy groups -OCH3 is 1. The average Bonchev–Trinajstić information content (AvgIpc) is 3.16. The van der Waals surface area contributed by atoms with Gasteiger partial charge in [-0.3, -0.25) is 4.79 Å². The fourth-order valence-corrected chi connectivity index (χ4v) is 2.73. The van der Waals surface area contributed by atoms with Gasteiger partial charge in [0.15, 0.2) is 17.5 Å². The molecule has 14 heteroatoms. The van der Waals surface area contributed by atoms with Crippen LogP contribution in [-0.4, -0.2) is 56.2 Å². The number of hydrogen-bond acceptors (Lipinski definition) is 7. The van der Waals surface area contributed by atoms with E-state index < -0.39 is 41.7 Å². The van der Waals surface area contributed by atoms with Crippen LogP contribution in [0, 0.1) is 11.6 Å². The molecule has 1 aromatic carbocycles. The highest BCUT2D eigenvalue weighted by Gasteiger charge is 2.58. The Bertz CT molecular complexity index is 1170. The fraction of sp³-hybridized carbons (Fsp3) is 0.263. The van der Waals surface area contributed by atoms with Crippen LogP contribution in [0.15, 0.2) is 36.5 Å². The molecule has 1 amide bonds. The topological polar surface area (TPSA) is 128 Å². The predicted molar refractivity (Wildman–Crippen MR) is 104 cm³/mol. The van der Waals surface area contributed by atoms with Crippen LogP contribution in [0.25, 0.3) is 11.5 Å². The molecule has 0 radical (unpaired) electrons. The van der Waals surface area contributed by atoms with Gasteiger partial charge in [-0.2, -0.15) is 18.3 Å². The second kappa shape index (κ2) is 8.97. The highest BCUT2D eigenvalue weighted by Crippen LogP contribution is 2.31. The molecule has 0 bridgehead atoms. The first-order valence-corrected chi connectivity index (χ1v) is 9.17. The van der Waals surface area contributed by atoms with Crippen LogP contribution in [0.2, 0.25) is 0 Å². The van der Waals surface area contributed by atoms with Crippen LogP contribution < -0.4 is 15.8 Å². The normalized spacial score (nSPS) is 13.4. The van der Waals surface area contributed by atoms with Gasteiger partial charge in [0.2, 0.25) is 5.88 Å². The van der Waals surface area contributed by atoms with E-state index in [0.29, 0.717) is 11.8 Å². The highest BCUT2D eigenvalue weighted by molar-refractivity contribution is 5.85. The molecule has 2 aromatic heterocycles. The molecule has 0 saturated carbocycles. The number of primary amides is 1.